The predicted molar refractivity (Wildman–Crippen MR) is 50.4 cm³/mol. The largest absolute Gasteiger partial charge is 0.396 e. The molecule has 1 atom stereocenters. The number of aliphatic hydroxyl groups excluding tert-OH is 1. The van der Waals surface area contributed by atoms with Crippen LogP contribution in [-0.2, 0) is 0 Å². The van der Waals surface area contributed by atoms with Gasteiger partial charge in [0.15, 0.2) is 0 Å². The topological polar surface area (TPSA) is 69.0 Å². The summed E-state index contributed by atoms with van der Waals surface area (Å²) in [6.45, 7) is -0.385. The van der Waals surface area contributed by atoms with Crippen LogP contribution in [0.2, 0.25) is 5.02 Å². The quantitative estimate of drug-likeness (QED) is 0.470. The molecular weight excluding hydrogens is 209 g/mol. The minimum Gasteiger partial charge on any atom is -0.396 e. The van der Waals surface area contributed by atoms with E-state index in [1.807, 2.05) is 0 Å². The van der Waals surface area contributed by atoms with E-state index in [-0.39, 0.29) is 11.6 Å². The maximum absolute atomic E-state index is 12.9. The number of azide groups is 1. The van der Waals surface area contributed by atoms with Gasteiger partial charge in [-0.1, -0.05) is 16.7 Å². The van der Waals surface area contributed by atoms with E-state index in [2.05, 4.69) is 10.0 Å². The van der Waals surface area contributed by atoms with Gasteiger partial charge in [0, 0.05) is 9.93 Å². The van der Waals surface area contributed by atoms with Crippen LogP contribution in [0, 0.1) is 5.82 Å². The summed E-state index contributed by atoms with van der Waals surface area (Å²) in [7, 11) is 0. The smallest absolute Gasteiger partial charge is 0.124 e. The van der Waals surface area contributed by atoms with Gasteiger partial charge in [0.05, 0.1) is 12.6 Å². The fourth-order valence-electron chi connectivity index (χ4n) is 1.04. The summed E-state index contributed by atoms with van der Waals surface area (Å²) in [5.74, 6) is -0.529. The Hall–Kier alpha value is -1.29. The number of benzene rings is 1. The first-order valence-electron chi connectivity index (χ1n) is 3.78. The lowest BCUT2D eigenvalue weighted by atomic mass is 10.1. The molecule has 0 bridgehead atoms. The highest BCUT2D eigenvalue weighted by Gasteiger charge is 2.09. The number of halogens is 2. The molecule has 1 aromatic carbocycles. The van der Waals surface area contributed by atoms with E-state index in [1.165, 1.54) is 12.1 Å². The van der Waals surface area contributed by atoms with Crippen molar-refractivity contribution in [2.75, 3.05) is 6.61 Å². The molecule has 0 aliphatic rings. The average molecular weight is 216 g/mol. The molecule has 0 saturated carbocycles. The number of nitrogens with zero attached hydrogens (tertiary/aromatic N) is 3. The number of hydrogen-bond donors (Lipinski definition) is 1. The Morgan fingerprint density at radius 2 is 2.29 bits per heavy atom. The monoisotopic (exact) mass is 215 g/mol. The molecule has 1 aromatic rings. The highest BCUT2D eigenvalue weighted by Crippen LogP contribution is 2.22. The first-order valence-corrected chi connectivity index (χ1v) is 4.16. The standard InChI is InChI=1S/C8H7ClFN3O/c9-6-1-5(2-7(10)3-6)8(4-14)12-13-11/h1-3,8,14H,4H2. The highest BCUT2D eigenvalue weighted by molar-refractivity contribution is 6.30. The summed E-state index contributed by atoms with van der Waals surface area (Å²) < 4.78 is 12.9. The Balaban J connectivity index is 3.09. The second-order valence-electron chi connectivity index (χ2n) is 2.61. The zero-order chi connectivity index (χ0) is 10.6. The van der Waals surface area contributed by atoms with E-state index in [9.17, 15) is 4.39 Å². The van der Waals surface area contributed by atoms with Crippen LogP contribution in [0.25, 0.3) is 10.4 Å². The molecule has 0 saturated heterocycles. The maximum atomic E-state index is 12.9. The predicted octanol–water partition coefficient (Wildman–Crippen LogP) is 2.82. The molecule has 0 amide bonds. The van der Waals surface area contributed by atoms with Gasteiger partial charge in [0.2, 0.25) is 0 Å². The van der Waals surface area contributed by atoms with Crippen molar-refractivity contribution in [1.82, 2.24) is 0 Å². The molecule has 0 heterocycles. The number of rotatable bonds is 3. The van der Waals surface area contributed by atoms with Crippen molar-refractivity contribution in [3.8, 4) is 0 Å². The first kappa shape index (κ1) is 10.8. The highest BCUT2D eigenvalue weighted by atomic mass is 35.5. The zero-order valence-corrected chi connectivity index (χ0v) is 7.82. The molecule has 4 nitrogen and oxygen atoms in total. The van der Waals surface area contributed by atoms with E-state index < -0.39 is 11.9 Å². The van der Waals surface area contributed by atoms with Crippen LogP contribution in [0.1, 0.15) is 11.6 Å². The van der Waals surface area contributed by atoms with Crippen molar-refractivity contribution in [1.29, 1.82) is 0 Å². The van der Waals surface area contributed by atoms with Crippen LogP contribution >= 0.6 is 11.6 Å². The van der Waals surface area contributed by atoms with Crippen molar-refractivity contribution < 1.29 is 9.50 Å². The Morgan fingerprint density at radius 3 is 2.79 bits per heavy atom. The lowest BCUT2D eigenvalue weighted by Gasteiger charge is -2.07. The van der Waals surface area contributed by atoms with Gasteiger partial charge >= 0.3 is 0 Å². The number of aliphatic hydroxyl groups is 1. The van der Waals surface area contributed by atoms with Gasteiger partial charge in [-0.3, -0.25) is 0 Å². The van der Waals surface area contributed by atoms with Gasteiger partial charge in [-0.05, 0) is 29.3 Å². The summed E-state index contributed by atoms with van der Waals surface area (Å²) in [6, 6.07) is 2.95. The summed E-state index contributed by atoms with van der Waals surface area (Å²) in [5, 5.41) is 12.4. The van der Waals surface area contributed by atoms with E-state index >= 15 is 0 Å². The second-order valence-corrected chi connectivity index (χ2v) is 3.04. The van der Waals surface area contributed by atoms with E-state index in [0.29, 0.717) is 5.56 Å². The molecule has 74 valence electrons. The number of hydrogen-bond acceptors (Lipinski definition) is 2. The molecule has 0 aliphatic heterocycles. The Labute approximate surface area is 84.6 Å². The molecule has 14 heavy (non-hydrogen) atoms. The second kappa shape index (κ2) is 4.81. The van der Waals surface area contributed by atoms with Crippen LogP contribution in [0.4, 0.5) is 4.39 Å². The van der Waals surface area contributed by atoms with Crippen LogP contribution in [-0.4, -0.2) is 11.7 Å². The molecule has 6 heteroatoms. The summed E-state index contributed by atoms with van der Waals surface area (Å²) in [5.41, 5.74) is 8.54. The Bertz CT molecular complexity index is 359. The Kier molecular flexibility index (Phi) is 3.71. The van der Waals surface area contributed by atoms with Gasteiger partial charge in [-0.15, -0.1) is 0 Å². The molecule has 0 aromatic heterocycles. The SMILES string of the molecule is [N-]=[N+]=NC(CO)c1cc(F)cc(Cl)c1. The molecule has 1 rings (SSSR count). The molecule has 0 fully saturated rings. The lowest BCUT2D eigenvalue weighted by molar-refractivity contribution is 0.267. The van der Waals surface area contributed by atoms with Crippen molar-refractivity contribution >= 4 is 11.6 Å². The first-order chi connectivity index (χ1) is 6.67. The van der Waals surface area contributed by atoms with Gasteiger partial charge < -0.3 is 5.11 Å². The lowest BCUT2D eigenvalue weighted by Crippen LogP contribution is -2.00. The Morgan fingerprint density at radius 1 is 1.57 bits per heavy atom. The van der Waals surface area contributed by atoms with Crippen LogP contribution in [0.5, 0.6) is 0 Å². The zero-order valence-electron chi connectivity index (χ0n) is 7.06. The molecule has 0 spiro atoms. The van der Waals surface area contributed by atoms with Crippen molar-refractivity contribution in [2.45, 2.75) is 6.04 Å². The van der Waals surface area contributed by atoms with Crippen molar-refractivity contribution in [2.24, 2.45) is 5.11 Å². The normalized spacial score (nSPS) is 11.9. The van der Waals surface area contributed by atoms with Crippen molar-refractivity contribution in [3.05, 3.63) is 45.0 Å². The summed E-state index contributed by atoms with van der Waals surface area (Å²) >= 11 is 5.59. The maximum Gasteiger partial charge on any atom is 0.124 e. The van der Waals surface area contributed by atoms with Crippen LogP contribution in [0.15, 0.2) is 23.3 Å². The minimum absolute atomic E-state index is 0.201. The third kappa shape index (κ3) is 2.60. The molecule has 1 N–H and O–H groups in total. The molecule has 0 radical (unpaired) electrons. The van der Waals surface area contributed by atoms with Gasteiger partial charge in [0.1, 0.15) is 5.82 Å². The third-order valence-corrected chi connectivity index (χ3v) is 1.85. The van der Waals surface area contributed by atoms with Gasteiger partial charge in [-0.25, -0.2) is 4.39 Å². The summed E-state index contributed by atoms with van der Waals surface area (Å²) in [6.07, 6.45) is 0. The third-order valence-electron chi connectivity index (χ3n) is 1.63. The molecule has 1 unspecified atom stereocenters. The van der Waals surface area contributed by atoms with Crippen molar-refractivity contribution in [3.63, 3.8) is 0 Å². The average Bonchev–Trinajstić information content (AvgIpc) is 2.12. The molecule has 0 aliphatic carbocycles. The fraction of sp³-hybridized carbons (Fsp3) is 0.250. The van der Waals surface area contributed by atoms with E-state index in [4.69, 9.17) is 22.2 Å². The van der Waals surface area contributed by atoms with Gasteiger partial charge in [-0.2, -0.15) is 0 Å². The van der Waals surface area contributed by atoms with Gasteiger partial charge in [0.25, 0.3) is 0 Å². The van der Waals surface area contributed by atoms with E-state index in [0.717, 1.165) is 6.07 Å². The van der Waals surface area contributed by atoms with Crippen LogP contribution < -0.4 is 0 Å². The fourth-order valence-corrected chi connectivity index (χ4v) is 1.27. The van der Waals surface area contributed by atoms with E-state index in [1.54, 1.807) is 0 Å². The summed E-state index contributed by atoms with van der Waals surface area (Å²) in [4.78, 5) is 2.54. The molecular formula is C8H7ClFN3O. The minimum atomic E-state index is -0.798. The van der Waals surface area contributed by atoms with Crippen LogP contribution in [0.3, 0.4) is 0 Å².